The monoisotopic (exact) mass is 136 g/mol. The molecule has 5 heteroatoms. The van der Waals surface area contributed by atoms with Crippen molar-refractivity contribution < 1.29 is 13.2 Å². The van der Waals surface area contributed by atoms with Crippen molar-refractivity contribution in [1.82, 2.24) is 0 Å². The van der Waals surface area contributed by atoms with Gasteiger partial charge in [0.05, 0.1) is 6.07 Å². The third-order valence-electron chi connectivity index (χ3n) is 0.547. The highest BCUT2D eigenvalue weighted by atomic mass is 19.4. The lowest BCUT2D eigenvalue weighted by atomic mass is 10.4. The van der Waals surface area contributed by atoms with E-state index < -0.39 is 11.9 Å². The molecule has 0 radical (unpaired) electrons. The molecule has 0 aromatic rings. The third kappa shape index (κ3) is 2.59. The summed E-state index contributed by atoms with van der Waals surface area (Å²) in [4.78, 5) is 0. The first kappa shape index (κ1) is 7.82. The van der Waals surface area contributed by atoms with Gasteiger partial charge in [-0.05, 0) is 0 Å². The average molecular weight is 136 g/mol. The van der Waals surface area contributed by atoms with Gasteiger partial charge in [0.2, 0.25) is 0 Å². The van der Waals surface area contributed by atoms with Gasteiger partial charge in [-0.15, -0.1) is 0 Å². The molecule has 0 heterocycles. The van der Waals surface area contributed by atoms with Crippen molar-refractivity contribution in [2.24, 2.45) is 5.73 Å². The number of alkyl halides is 3. The van der Waals surface area contributed by atoms with E-state index in [9.17, 15) is 13.2 Å². The van der Waals surface area contributed by atoms with Gasteiger partial charge < -0.3 is 5.73 Å². The molecule has 0 saturated heterocycles. The molecule has 50 valence electrons. The number of rotatable bonds is 0. The minimum Gasteiger partial charge on any atom is -0.394 e. The summed E-state index contributed by atoms with van der Waals surface area (Å²) in [5, 5.41) is 7.69. The Bertz CT molecular complexity index is 162. The van der Waals surface area contributed by atoms with Crippen molar-refractivity contribution in [2.45, 2.75) is 6.18 Å². The fourth-order valence-electron chi connectivity index (χ4n) is 0.151. The molecule has 0 bridgehead atoms. The van der Waals surface area contributed by atoms with Crippen LogP contribution in [0.5, 0.6) is 0 Å². The maximum Gasteiger partial charge on any atom is 0.431 e. The van der Waals surface area contributed by atoms with E-state index in [-0.39, 0.29) is 6.08 Å². The van der Waals surface area contributed by atoms with Crippen LogP contribution in [-0.2, 0) is 0 Å². The summed E-state index contributed by atoms with van der Waals surface area (Å²) in [6.45, 7) is 0. The molecule has 0 aromatic heterocycles. The van der Waals surface area contributed by atoms with Crippen molar-refractivity contribution in [1.29, 1.82) is 5.26 Å². The van der Waals surface area contributed by atoms with Gasteiger partial charge in [0.15, 0.2) is 0 Å². The largest absolute Gasteiger partial charge is 0.431 e. The van der Waals surface area contributed by atoms with Gasteiger partial charge in [-0.25, -0.2) is 0 Å². The van der Waals surface area contributed by atoms with Crippen LogP contribution in [0.2, 0.25) is 0 Å². The van der Waals surface area contributed by atoms with Gasteiger partial charge in [-0.3, -0.25) is 0 Å². The van der Waals surface area contributed by atoms with Crippen molar-refractivity contribution in [2.75, 3.05) is 0 Å². The summed E-state index contributed by atoms with van der Waals surface area (Å²) in [5.74, 6) is 0. The standard InChI is InChI=1S/C4H3F3N2/c5-4(6,7)3(9)1-2-8/h1H,9H2/b3-1+. The molecule has 0 atom stereocenters. The minimum absolute atomic E-state index is 0.250. The first-order valence-electron chi connectivity index (χ1n) is 1.91. The average Bonchev–Trinajstić information content (AvgIpc) is 1.64. The number of hydrogen-bond donors (Lipinski definition) is 1. The van der Waals surface area contributed by atoms with E-state index >= 15 is 0 Å². The minimum atomic E-state index is -4.57. The highest BCUT2D eigenvalue weighted by molar-refractivity contribution is 5.14. The quantitative estimate of drug-likeness (QED) is 0.503. The van der Waals surface area contributed by atoms with Crippen LogP contribution >= 0.6 is 0 Å². The van der Waals surface area contributed by atoms with Crippen LogP contribution in [0.4, 0.5) is 13.2 Å². The molecule has 0 amide bonds. The van der Waals surface area contributed by atoms with Gasteiger partial charge in [-0.1, -0.05) is 0 Å². The van der Waals surface area contributed by atoms with Gasteiger partial charge in [0.1, 0.15) is 5.70 Å². The van der Waals surface area contributed by atoms with E-state index in [1.54, 1.807) is 0 Å². The van der Waals surface area contributed by atoms with Crippen molar-refractivity contribution in [3.63, 3.8) is 0 Å². The Morgan fingerprint density at radius 3 is 2.11 bits per heavy atom. The van der Waals surface area contributed by atoms with E-state index in [0.717, 1.165) is 0 Å². The summed E-state index contributed by atoms with van der Waals surface area (Å²) in [6.07, 6.45) is -4.32. The van der Waals surface area contributed by atoms with Gasteiger partial charge >= 0.3 is 6.18 Å². The number of hydrogen-bond acceptors (Lipinski definition) is 2. The fourth-order valence-corrected chi connectivity index (χ4v) is 0.151. The van der Waals surface area contributed by atoms with E-state index in [0.29, 0.717) is 0 Å². The van der Waals surface area contributed by atoms with Crippen LogP contribution in [0, 0.1) is 11.3 Å². The number of nitriles is 1. The topological polar surface area (TPSA) is 49.8 Å². The SMILES string of the molecule is N#C/C=C(/N)C(F)(F)F. The molecule has 0 fully saturated rings. The molecular weight excluding hydrogens is 133 g/mol. The normalized spacial score (nSPS) is 12.9. The summed E-state index contributed by atoms with van der Waals surface area (Å²) in [7, 11) is 0. The summed E-state index contributed by atoms with van der Waals surface area (Å²) in [6, 6.07) is 1.17. The molecule has 0 spiro atoms. The molecule has 0 aliphatic rings. The predicted molar refractivity (Wildman–Crippen MR) is 23.9 cm³/mol. The van der Waals surface area contributed by atoms with Crippen molar-refractivity contribution >= 4 is 0 Å². The molecule has 0 saturated carbocycles. The van der Waals surface area contributed by atoms with Crippen molar-refractivity contribution in [3.8, 4) is 6.07 Å². The Morgan fingerprint density at radius 2 is 2.00 bits per heavy atom. The maximum atomic E-state index is 11.3. The second-order valence-corrected chi connectivity index (χ2v) is 1.23. The van der Waals surface area contributed by atoms with Gasteiger partial charge in [0, 0.05) is 6.08 Å². The van der Waals surface area contributed by atoms with E-state index in [4.69, 9.17) is 5.26 Å². The summed E-state index contributed by atoms with van der Waals surface area (Å²) >= 11 is 0. The third-order valence-corrected chi connectivity index (χ3v) is 0.547. The lowest BCUT2D eigenvalue weighted by molar-refractivity contribution is -0.0925. The molecule has 9 heavy (non-hydrogen) atoms. The van der Waals surface area contributed by atoms with Crippen LogP contribution in [0.25, 0.3) is 0 Å². The Morgan fingerprint density at radius 1 is 1.56 bits per heavy atom. The van der Waals surface area contributed by atoms with E-state index in [1.807, 2.05) is 0 Å². The van der Waals surface area contributed by atoms with Crippen LogP contribution in [0.1, 0.15) is 0 Å². The van der Waals surface area contributed by atoms with Crippen LogP contribution in [0.15, 0.2) is 11.8 Å². The highest BCUT2D eigenvalue weighted by Crippen LogP contribution is 2.20. The molecule has 2 N–H and O–H groups in total. The first-order valence-corrected chi connectivity index (χ1v) is 1.91. The zero-order valence-electron chi connectivity index (χ0n) is 4.24. The molecular formula is C4H3F3N2. The lowest BCUT2D eigenvalue weighted by Crippen LogP contribution is -2.18. The summed E-state index contributed by atoms with van der Waals surface area (Å²) in [5.41, 5.74) is 3.00. The second kappa shape index (κ2) is 2.40. The zero-order valence-corrected chi connectivity index (χ0v) is 4.24. The summed E-state index contributed by atoms with van der Waals surface area (Å²) < 4.78 is 33.9. The Balaban J connectivity index is 4.25. The fraction of sp³-hybridized carbons (Fsp3) is 0.250. The number of nitrogens with two attached hydrogens (primary N) is 1. The van der Waals surface area contributed by atoms with Gasteiger partial charge in [-0.2, -0.15) is 18.4 Å². The second-order valence-electron chi connectivity index (χ2n) is 1.23. The van der Waals surface area contributed by atoms with Crippen LogP contribution < -0.4 is 5.73 Å². The first-order chi connectivity index (χ1) is 3.98. The lowest BCUT2D eigenvalue weighted by Gasteiger charge is -2.02. The number of halogens is 3. The maximum absolute atomic E-state index is 11.3. The molecule has 2 nitrogen and oxygen atoms in total. The molecule has 0 aromatic carbocycles. The van der Waals surface area contributed by atoms with Crippen LogP contribution in [0.3, 0.4) is 0 Å². The van der Waals surface area contributed by atoms with E-state index in [2.05, 4.69) is 5.73 Å². The van der Waals surface area contributed by atoms with Gasteiger partial charge in [0.25, 0.3) is 0 Å². The molecule has 0 aliphatic heterocycles. The predicted octanol–water partition coefficient (Wildman–Crippen LogP) is 0.915. The Labute approximate surface area is 49.4 Å². The highest BCUT2D eigenvalue weighted by Gasteiger charge is 2.31. The number of nitrogens with zero attached hydrogens (tertiary/aromatic N) is 1. The van der Waals surface area contributed by atoms with Crippen molar-refractivity contribution in [3.05, 3.63) is 11.8 Å². The molecule has 0 unspecified atom stereocenters. The molecule has 0 rings (SSSR count). The smallest absolute Gasteiger partial charge is 0.394 e. The Kier molecular flexibility index (Phi) is 2.08. The number of allylic oxidation sites excluding steroid dienone is 2. The molecule has 0 aliphatic carbocycles. The van der Waals surface area contributed by atoms with Crippen LogP contribution in [-0.4, -0.2) is 6.18 Å². The van der Waals surface area contributed by atoms with E-state index in [1.165, 1.54) is 6.07 Å². The zero-order chi connectivity index (χ0) is 7.49. The Hall–Kier alpha value is -1.18.